The van der Waals surface area contributed by atoms with Crippen LogP contribution in [0.1, 0.15) is 44.7 Å². The lowest BCUT2D eigenvalue weighted by Gasteiger charge is -2.37. The Morgan fingerprint density at radius 3 is 2.11 bits per heavy atom. The molecular weight excluding hydrogens is 444 g/mol. The maximum atomic E-state index is 14.2. The van der Waals surface area contributed by atoms with E-state index >= 15 is 0 Å². The third-order valence-corrected chi connectivity index (χ3v) is 7.59. The van der Waals surface area contributed by atoms with Crippen LogP contribution in [0.3, 0.4) is 0 Å². The molecule has 0 N–H and O–H groups in total. The summed E-state index contributed by atoms with van der Waals surface area (Å²) in [5, 5.41) is 11.3. The smallest absolute Gasteiger partial charge is 0.269 e. The highest BCUT2D eigenvalue weighted by molar-refractivity contribution is 6.32. The van der Waals surface area contributed by atoms with Gasteiger partial charge < -0.3 is 4.90 Å². The second kappa shape index (κ2) is 7.30. The van der Waals surface area contributed by atoms with Gasteiger partial charge in [-0.05, 0) is 24.1 Å². The van der Waals surface area contributed by atoms with Gasteiger partial charge in [0.05, 0.1) is 17.0 Å². The van der Waals surface area contributed by atoms with Gasteiger partial charge in [0.25, 0.3) is 5.69 Å². The molecule has 3 aliphatic rings. The van der Waals surface area contributed by atoms with E-state index in [9.17, 15) is 24.5 Å². The number of carbonyl (C=O) groups excluding carboxylic acids is 3. The van der Waals surface area contributed by atoms with Crippen LogP contribution in [-0.4, -0.2) is 34.4 Å². The van der Waals surface area contributed by atoms with Crippen molar-refractivity contribution in [1.29, 1.82) is 0 Å². The van der Waals surface area contributed by atoms with Crippen LogP contribution in [0.25, 0.3) is 6.08 Å². The lowest BCUT2D eigenvalue weighted by molar-refractivity contribution is -0.384. The number of benzene rings is 3. The number of hydrogen-bond donors (Lipinski definition) is 0. The molecule has 0 radical (unpaired) electrons. The van der Waals surface area contributed by atoms with Crippen molar-refractivity contribution < 1.29 is 19.3 Å². The Morgan fingerprint density at radius 2 is 1.51 bits per heavy atom. The van der Waals surface area contributed by atoms with E-state index in [0.717, 1.165) is 11.3 Å². The Kier molecular flexibility index (Phi) is 4.42. The van der Waals surface area contributed by atoms with E-state index in [4.69, 9.17) is 0 Å². The summed E-state index contributed by atoms with van der Waals surface area (Å²) in [6.45, 7) is 1.47. The van der Waals surface area contributed by atoms with E-state index in [1.807, 2.05) is 41.3 Å². The first-order valence-corrected chi connectivity index (χ1v) is 11.4. The Hall–Kier alpha value is -4.39. The topological polar surface area (TPSA) is 97.6 Å². The molecule has 0 unspecified atom stereocenters. The Labute approximate surface area is 200 Å². The van der Waals surface area contributed by atoms with E-state index in [0.29, 0.717) is 16.7 Å². The number of nitro groups is 1. The van der Waals surface area contributed by atoms with Crippen molar-refractivity contribution in [2.45, 2.75) is 24.9 Å². The van der Waals surface area contributed by atoms with Crippen molar-refractivity contribution in [2.24, 2.45) is 5.41 Å². The SMILES string of the molecule is CC(=O)[C@@H]1[C@@H](c2ccc([N+](=O)[O-])cc2)C2(C(=O)c3ccccc3C2=O)[C@H]2C=Cc3ccccc3N12. The fourth-order valence-electron chi connectivity index (χ4n) is 6.25. The molecule has 0 amide bonds. The standard InChI is InChI=1S/C28H20N2O5/c1-16(31)25-24(18-10-13-19(14-11-18)30(34)35)28(26(32)20-7-3-4-8-21(20)27(28)33)23-15-12-17-6-2-5-9-22(17)29(23)25/h2-15,23-25H,1H3/t23-,24-,25-/m1/s1. The zero-order chi connectivity index (χ0) is 24.5. The number of hydrogen-bond acceptors (Lipinski definition) is 6. The van der Waals surface area contributed by atoms with Crippen LogP contribution < -0.4 is 4.90 Å². The van der Waals surface area contributed by atoms with E-state index < -0.39 is 28.3 Å². The Morgan fingerprint density at radius 1 is 0.914 bits per heavy atom. The summed E-state index contributed by atoms with van der Waals surface area (Å²) >= 11 is 0. The molecule has 35 heavy (non-hydrogen) atoms. The zero-order valence-electron chi connectivity index (χ0n) is 18.8. The van der Waals surface area contributed by atoms with Gasteiger partial charge in [-0.15, -0.1) is 0 Å². The summed E-state index contributed by atoms with van der Waals surface area (Å²) in [6, 6.07) is 18.7. The Bertz CT molecular complexity index is 1440. The Balaban J connectivity index is 1.66. The van der Waals surface area contributed by atoms with E-state index in [1.165, 1.54) is 19.1 Å². The number of para-hydroxylation sites is 1. The lowest BCUT2D eigenvalue weighted by atomic mass is 9.64. The summed E-state index contributed by atoms with van der Waals surface area (Å²) in [6.07, 6.45) is 3.75. The second-order valence-electron chi connectivity index (χ2n) is 9.22. The number of non-ortho nitro benzene ring substituents is 1. The van der Waals surface area contributed by atoms with Crippen LogP contribution in [0.5, 0.6) is 0 Å². The molecule has 1 saturated heterocycles. The summed E-state index contributed by atoms with van der Waals surface area (Å²) in [7, 11) is 0. The highest BCUT2D eigenvalue weighted by Crippen LogP contribution is 2.60. The van der Waals surface area contributed by atoms with Gasteiger partial charge in [0, 0.05) is 34.9 Å². The van der Waals surface area contributed by atoms with Gasteiger partial charge >= 0.3 is 0 Å². The third kappa shape index (κ3) is 2.63. The molecule has 0 saturated carbocycles. The monoisotopic (exact) mass is 464 g/mol. The maximum absolute atomic E-state index is 14.2. The number of rotatable bonds is 3. The van der Waals surface area contributed by atoms with Crippen LogP contribution in [0.4, 0.5) is 11.4 Å². The van der Waals surface area contributed by atoms with Crippen molar-refractivity contribution >= 4 is 34.8 Å². The molecule has 0 bridgehead atoms. The molecule has 7 nitrogen and oxygen atoms in total. The second-order valence-corrected chi connectivity index (χ2v) is 9.22. The summed E-state index contributed by atoms with van der Waals surface area (Å²) in [5.41, 5.74) is 1.24. The van der Waals surface area contributed by atoms with Gasteiger partial charge in [0.15, 0.2) is 17.3 Å². The number of carbonyl (C=O) groups is 3. The lowest BCUT2D eigenvalue weighted by Crippen LogP contribution is -2.48. The minimum atomic E-state index is -1.57. The predicted octanol–water partition coefficient (Wildman–Crippen LogP) is 4.62. The molecule has 1 fully saturated rings. The third-order valence-electron chi connectivity index (χ3n) is 7.59. The number of Topliss-reactive ketones (excluding diaryl/α,β-unsaturated/α-hetero) is 3. The summed E-state index contributed by atoms with van der Waals surface area (Å²) < 4.78 is 0. The molecule has 1 spiro atoms. The van der Waals surface area contributed by atoms with Gasteiger partial charge in [-0.3, -0.25) is 24.5 Å². The number of anilines is 1. The van der Waals surface area contributed by atoms with Crippen LogP contribution >= 0.6 is 0 Å². The molecule has 2 heterocycles. The molecule has 3 aromatic carbocycles. The zero-order valence-corrected chi connectivity index (χ0v) is 18.8. The van der Waals surface area contributed by atoms with Gasteiger partial charge in [0.1, 0.15) is 5.41 Å². The van der Waals surface area contributed by atoms with E-state index in [-0.39, 0.29) is 23.0 Å². The minimum absolute atomic E-state index is 0.101. The molecule has 1 aliphatic carbocycles. The number of nitrogens with zero attached hydrogens (tertiary/aromatic N) is 2. The van der Waals surface area contributed by atoms with Crippen molar-refractivity contribution in [1.82, 2.24) is 0 Å². The maximum Gasteiger partial charge on any atom is 0.269 e. The van der Waals surface area contributed by atoms with Crippen molar-refractivity contribution in [2.75, 3.05) is 4.90 Å². The number of fused-ring (bicyclic) bond motifs is 5. The van der Waals surface area contributed by atoms with Crippen molar-refractivity contribution in [3.05, 3.63) is 111 Å². The highest BCUT2D eigenvalue weighted by atomic mass is 16.6. The predicted molar refractivity (Wildman–Crippen MR) is 130 cm³/mol. The van der Waals surface area contributed by atoms with Crippen LogP contribution in [0.2, 0.25) is 0 Å². The summed E-state index contributed by atoms with van der Waals surface area (Å²) in [4.78, 5) is 54.4. The van der Waals surface area contributed by atoms with Crippen molar-refractivity contribution in [3.8, 4) is 0 Å². The molecule has 3 aromatic rings. The average Bonchev–Trinajstić information content (AvgIpc) is 3.31. The molecule has 172 valence electrons. The molecule has 2 aliphatic heterocycles. The van der Waals surface area contributed by atoms with Gasteiger partial charge in [0.2, 0.25) is 0 Å². The van der Waals surface area contributed by atoms with Crippen LogP contribution in [0, 0.1) is 15.5 Å². The molecule has 7 heteroatoms. The van der Waals surface area contributed by atoms with Gasteiger partial charge in [-0.2, -0.15) is 0 Å². The fraction of sp³-hybridized carbons (Fsp3) is 0.179. The summed E-state index contributed by atoms with van der Waals surface area (Å²) in [5.74, 6) is -1.64. The first-order valence-electron chi connectivity index (χ1n) is 11.4. The molecule has 0 aromatic heterocycles. The minimum Gasteiger partial charge on any atom is -0.352 e. The average molecular weight is 464 g/mol. The molecule has 3 atom stereocenters. The van der Waals surface area contributed by atoms with Gasteiger partial charge in [-0.25, -0.2) is 0 Å². The number of ketones is 3. The first-order chi connectivity index (χ1) is 16.9. The van der Waals surface area contributed by atoms with E-state index in [2.05, 4.69) is 0 Å². The fourth-order valence-corrected chi connectivity index (χ4v) is 6.25. The van der Waals surface area contributed by atoms with Gasteiger partial charge in [-0.1, -0.05) is 66.7 Å². The molecular formula is C28H20N2O5. The number of nitro benzene ring substituents is 1. The van der Waals surface area contributed by atoms with E-state index in [1.54, 1.807) is 36.4 Å². The van der Waals surface area contributed by atoms with Crippen molar-refractivity contribution in [3.63, 3.8) is 0 Å². The van der Waals surface area contributed by atoms with Crippen LogP contribution in [0.15, 0.2) is 78.9 Å². The first kappa shape index (κ1) is 21.2. The van der Waals surface area contributed by atoms with Crippen LogP contribution in [-0.2, 0) is 4.79 Å². The normalized spacial score (nSPS) is 23.2. The largest absolute Gasteiger partial charge is 0.352 e. The quantitative estimate of drug-likeness (QED) is 0.319. The molecule has 6 rings (SSSR count). The highest BCUT2D eigenvalue weighted by Gasteiger charge is 2.71.